The van der Waals surface area contributed by atoms with E-state index in [4.69, 9.17) is 9.56 Å². The number of H-pyrrole nitrogens is 1. The Morgan fingerprint density at radius 2 is 2.06 bits per heavy atom. The van der Waals surface area contributed by atoms with Crippen LogP contribution in [0.15, 0.2) is 33.5 Å². The van der Waals surface area contributed by atoms with Crippen molar-refractivity contribution in [3.63, 3.8) is 0 Å². The normalized spacial score (nSPS) is 11.6. The first-order valence-electron chi connectivity index (χ1n) is 4.60. The zero-order valence-corrected chi connectivity index (χ0v) is 9.40. The molecule has 8 heteroatoms. The Balaban J connectivity index is 2.51. The Labute approximate surface area is 96.3 Å². The molecule has 0 atom stereocenters. The molecule has 7 nitrogen and oxygen atoms in total. The summed E-state index contributed by atoms with van der Waals surface area (Å²) in [5.41, 5.74) is 0.838. The third-order valence-electron chi connectivity index (χ3n) is 2.04. The molecule has 0 aliphatic heterocycles. The number of aromatic nitrogens is 2. The van der Waals surface area contributed by atoms with Crippen LogP contribution >= 0.6 is 0 Å². The Morgan fingerprint density at radius 3 is 2.65 bits per heavy atom. The second-order valence-corrected chi connectivity index (χ2v) is 5.00. The molecule has 1 aromatic heterocycles. The zero-order chi connectivity index (χ0) is 12.5. The van der Waals surface area contributed by atoms with Gasteiger partial charge in [0.05, 0.1) is 5.75 Å². The van der Waals surface area contributed by atoms with Crippen LogP contribution in [0.1, 0.15) is 5.56 Å². The zero-order valence-electron chi connectivity index (χ0n) is 8.58. The van der Waals surface area contributed by atoms with Crippen LogP contribution in [0.2, 0.25) is 0 Å². The minimum atomic E-state index is -3.66. The quantitative estimate of drug-likeness (QED) is 0.788. The Kier molecular flexibility index (Phi) is 2.82. The highest BCUT2D eigenvalue weighted by molar-refractivity contribution is 7.88. The molecule has 0 amide bonds. The molecule has 0 radical (unpaired) electrons. The van der Waals surface area contributed by atoms with Crippen molar-refractivity contribution in [2.24, 2.45) is 5.14 Å². The summed E-state index contributed by atoms with van der Waals surface area (Å²) >= 11 is 0. The topological polar surface area (TPSA) is 119 Å². The standard InChI is InChI=1S/C9H9N3O4S/c10-17(14,15)5-6-3-1-2-4-7(6)8-11-12-9(13)16-8/h1-4H,5H2,(H,12,13)(H2,10,14,15). The molecule has 0 aliphatic rings. The number of aromatic amines is 1. The van der Waals surface area contributed by atoms with E-state index in [9.17, 15) is 13.2 Å². The summed E-state index contributed by atoms with van der Waals surface area (Å²) < 4.78 is 26.9. The molecule has 0 aliphatic carbocycles. The van der Waals surface area contributed by atoms with Crippen LogP contribution in [0, 0.1) is 0 Å². The third kappa shape index (κ3) is 2.80. The number of nitrogens with two attached hydrogens (primary N) is 1. The predicted molar refractivity (Wildman–Crippen MR) is 59.4 cm³/mol. The molecule has 0 spiro atoms. The molecule has 17 heavy (non-hydrogen) atoms. The minimum Gasteiger partial charge on any atom is -0.388 e. The van der Waals surface area contributed by atoms with Crippen LogP contribution in [-0.4, -0.2) is 18.6 Å². The van der Waals surface area contributed by atoms with Crippen LogP contribution in [-0.2, 0) is 15.8 Å². The van der Waals surface area contributed by atoms with E-state index in [2.05, 4.69) is 10.2 Å². The van der Waals surface area contributed by atoms with Gasteiger partial charge in [0, 0.05) is 5.56 Å². The van der Waals surface area contributed by atoms with Crippen molar-refractivity contribution in [1.82, 2.24) is 10.2 Å². The number of rotatable bonds is 3. The lowest BCUT2D eigenvalue weighted by Gasteiger charge is -2.03. The molecule has 0 unspecified atom stereocenters. The lowest BCUT2D eigenvalue weighted by Crippen LogP contribution is -2.15. The highest BCUT2D eigenvalue weighted by Gasteiger charge is 2.14. The fourth-order valence-electron chi connectivity index (χ4n) is 1.42. The summed E-state index contributed by atoms with van der Waals surface area (Å²) in [6, 6.07) is 6.51. The van der Waals surface area contributed by atoms with Gasteiger partial charge in [0.15, 0.2) is 0 Å². The third-order valence-corrected chi connectivity index (χ3v) is 2.76. The molecule has 0 saturated heterocycles. The van der Waals surface area contributed by atoms with Crippen LogP contribution in [0.4, 0.5) is 0 Å². The summed E-state index contributed by atoms with van der Waals surface area (Å²) in [6.07, 6.45) is 0. The first-order valence-corrected chi connectivity index (χ1v) is 6.31. The average molecular weight is 255 g/mol. The average Bonchev–Trinajstić information content (AvgIpc) is 2.63. The van der Waals surface area contributed by atoms with E-state index in [0.29, 0.717) is 11.1 Å². The van der Waals surface area contributed by atoms with Crippen LogP contribution in [0.3, 0.4) is 0 Å². The van der Waals surface area contributed by atoms with Crippen molar-refractivity contribution < 1.29 is 12.8 Å². The van der Waals surface area contributed by atoms with E-state index < -0.39 is 15.8 Å². The molecule has 1 heterocycles. The molecule has 1 aromatic carbocycles. The van der Waals surface area contributed by atoms with E-state index in [1.165, 1.54) is 0 Å². The maximum absolute atomic E-state index is 11.0. The predicted octanol–water partition coefficient (Wildman–Crippen LogP) is -0.182. The van der Waals surface area contributed by atoms with Gasteiger partial charge in [-0.25, -0.2) is 23.4 Å². The molecule has 2 aromatic rings. The van der Waals surface area contributed by atoms with Crippen molar-refractivity contribution in [3.8, 4) is 11.5 Å². The van der Waals surface area contributed by atoms with Gasteiger partial charge in [-0.3, -0.25) is 0 Å². The molecular formula is C9H9N3O4S. The summed E-state index contributed by atoms with van der Waals surface area (Å²) in [7, 11) is -3.66. The van der Waals surface area contributed by atoms with Gasteiger partial charge in [-0.1, -0.05) is 18.2 Å². The molecule has 90 valence electrons. The van der Waals surface area contributed by atoms with Crippen LogP contribution in [0.25, 0.3) is 11.5 Å². The molecule has 0 bridgehead atoms. The summed E-state index contributed by atoms with van der Waals surface area (Å²) in [4.78, 5) is 10.8. The van der Waals surface area contributed by atoms with Gasteiger partial charge in [-0.15, -0.1) is 5.10 Å². The molecule has 3 N–H and O–H groups in total. The summed E-state index contributed by atoms with van der Waals surface area (Å²) in [5, 5.41) is 10.7. The van der Waals surface area contributed by atoms with Crippen molar-refractivity contribution in [1.29, 1.82) is 0 Å². The van der Waals surface area contributed by atoms with Crippen molar-refractivity contribution in [2.75, 3.05) is 0 Å². The molecule has 2 rings (SSSR count). The SMILES string of the molecule is NS(=O)(=O)Cc1ccccc1-c1n[nH]c(=O)o1. The van der Waals surface area contributed by atoms with E-state index in [1.807, 2.05) is 0 Å². The van der Waals surface area contributed by atoms with Gasteiger partial charge in [0.25, 0.3) is 0 Å². The van der Waals surface area contributed by atoms with Crippen LogP contribution in [0.5, 0.6) is 0 Å². The Bertz CT molecular complexity index is 686. The fraction of sp³-hybridized carbons (Fsp3) is 0.111. The maximum atomic E-state index is 11.0. The largest absolute Gasteiger partial charge is 0.434 e. The second kappa shape index (κ2) is 4.15. The molecule has 0 saturated carbocycles. The molecular weight excluding hydrogens is 246 g/mol. The Hall–Kier alpha value is -1.93. The van der Waals surface area contributed by atoms with E-state index in [-0.39, 0.29) is 11.6 Å². The first kappa shape index (κ1) is 11.6. The van der Waals surface area contributed by atoms with Crippen molar-refractivity contribution >= 4 is 10.0 Å². The van der Waals surface area contributed by atoms with Gasteiger partial charge in [0.1, 0.15) is 0 Å². The lowest BCUT2D eigenvalue weighted by molar-refractivity contribution is 0.526. The lowest BCUT2D eigenvalue weighted by atomic mass is 10.1. The summed E-state index contributed by atoms with van der Waals surface area (Å²) in [5.74, 6) is -1.01. The van der Waals surface area contributed by atoms with E-state index in [1.54, 1.807) is 24.3 Å². The first-order chi connectivity index (χ1) is 7.96. The van der Waals surface area contributed by atoms with E-state index >= 15 is 0 Å². The monoisotopic (exact) mass is 255 g/mol. The smallest absolute Gasteiger partial charge is 0.388 e. The number of hydrogen-bond acceptors (Lipinski definition) is 5. The van der Waals surface area contributed by atoms with Crippen molar-refractivity contribution in [3.05, 3.63) is 40.4 Å². The van der Waals surface area contributed by atoms with Gasteiger partial charge in [-0.05, 0) is 11.6 Å². The second-order valence-electron chi connectivity index (χ2n) is 3.38. The van der Waals surface area contributed by atoms with Gasteiger partial charge in [-0.2, -0.15) is 0 Å². The number of primary sulfonamides is 1. The fourth-order valence-corrected chi connectivity index (χ4v) is 2.10. The number of nitrogens with zero attached hydrogens (tertiary/aromatic N) is 1. The van der Waals surface area contributed by atoms with Gasteiger partial charge in [0.2, 0.25) is 15.9 Å². The van der Waals surface area contributed by atoms with E-state index in [0.717, 1.165) is 0 Å². The number of nitrogens with one attached hydrogen (secondary N) is 1. The van der Waals surface area contributed by atoms with Gasteiger partial charge >= 0.3 is 5.76 Å². The number of sulfonamides is 1. The Morgan fingerprint density at radius 1 is 1.35 bits per heavy atom. The van der Waals surface area contributed by atoms with Gasteiger partial charge < -0.3 is 4.42 Å². The summed E-state index contributed by atoms with van der Waals surface area (Å²) in [6.45, 7) is 0. The van der Waals surface area contributed by atoms with Crippen LogP contribution < -0.4 is 10.9 Å². The van der Waals surface area contributed by atoms with Crippen molar-refractivity contribution in [2.45, 2.75) is 5.75 Å². The number of hydrogen-bond donors (Lipinski definition) is 2. The minimum absolute atomic E-state index is 0.0363. The maximum Gasteiger partial charge on any atom is 0.434 e. The molecule has 0 fully saturated rings. The highest BCUT2D eigenvalue weighted by Crippen LogP contribution is 2.21. The number of benzene rings is 1. The highest BCUT2D eigenvalue weighted by atomic mass is 32.2.